The molecule has 4 nitrogen and oxygen atoms in total. The van der Waals surface area contributed by atoms with E-state index in [2.05, 4.69) is 31.3 Å². The van der Waals surface area contributed by atoms with Gasteiger partial charge in [0, 0.05) is 25.4 Å². The highest BCUT2D eigenvalue weighted by Crippen LogP contribution is 2.30. The molecule has 1 aromatic rings. The van der Waals surface area contributed by atoms with Crippen LogP contribution < -0.4 is 5.32 Å². The van der Waals surface area contributed by atoms with E-state index in [1.165, 1.54) is 18.4 Å². The van der Waals surface area contributed by atoms with E-state index in [4.69, 9.17) is 4.74 Å². The number of nitrogens with zero attached hydrogens (tertiary/aromatic N) is 1. The number of amides is 2. The Morgan fingerprint density at radius 3 is 2.64 bits per heavy atom. The van der Waals surface area contributed by atoms with Crippen molar-refractivity contribution in [3.63, 3.8) is 0 Å². The topological polar surface area (TPSA) is 41.6 Å². The molecule has 120 valence electrons. The van der Waals surface area contributed by atoms with E-state index >= 15 is 0 Å². The number of rotatable bonds is 5. The molecule has 1 N–H and O–H groups in total. The van der Waals surface area contributed by atoms with Crippen LogP contribution in [0.2, 0.25) is 0 Å². The number of carbonyl (C=O) groups is 1. The first-order valence-electron chi connectivity index (χ1n) is 8.39. The minimum absolute atomic E-state index is 0.0187. The second-order valence-corrected chi connectivity index (χ2v) is 6.84. The standard InChI is InChI=1S/C18H26N2O2/c1-13(2)15-5-7-16(8-6-15)19-18(21)20-10-9-17(11-20)22-12-14-3-4-14/h5-8,13-14,17H,3-4,9-12H2,1-2H3,(H,19,21). The number of likely N-dealkylation sites (tertiary alicyclic amines) is 1. The molecule has 2 amide bonds. The quantitative estimate of drug-likeness (QED) is 0.898. The van der Waals surface area contributed by atoms with Gasteiger partial charge in [0.2, 0.25) is 0 Å². The van der Waals surface area contributed by atoms with Crippen LogP contribution in [0.4, 0.5) is 10.5 Å². The molecular formula is C18H26N2O2. The Hall–Kier alpha value is -1.55. The smallest absolute Gasteiger partial charge is 0.321 e. The molecule has 1 unspecified atom stereocenters. The molecule has 1 aliphatic carbocycles. The molecule has 1 heterocycles. The molecule has 1 aromatic carbocycles. The number of anilines is 1. The fraction of sp³-hybridized carbons (Fsp3) is 0.611. The summed E-state index contributed by atoms with van der Waals surface area (Å²) in [5, 5.41) is 2.98. The van der Waals surface area contributed by atoms with Gasteiger partial charge in [0.1, 0.15) is 0 Å². The number of urea groups is 1. The van der Waals surface area contributed by atoms with Gasteiger partial charge in [0.15, 0.2) is 0 Å². The first-order chi connectivity index (χ1) is 10.6. The molecule has 2 fully saturated rings. The normalized spacial score (nSPS) is 21.4. The average molecular weight is 302 g/mol. The Bertz CT molecular complexity index is 508. The lowest BCUT2D eigenvalue weighted by Crippen LogP contribution is -2.34. The van der Waals surface area contributed by atoms with Crippen molar-refractivity contribution >= 4 is 11.7 Å². The van der Waals surface area contributed by atoms with Gasteiger partial charge in [-0.2, -0.15) is 0 Å². The molecule has 3 rings (SSSR count). The van der Waals surface area contributed by atoms with Gasteiger partial charge in [0.05, 0.1) is 6.10 Å². The Labute approximate surface area is 132 Å². The summed E-state index contributed by atoms with van der Waals surface area (Å²) in [4.78, 5) is 14.1. The molecule has 0 aromatic heterocycles. The fourth-order valence-corrected chi connectivity index (χ4v) is 2.76. The van der Waals surface area contributed by atoms with Gasteiger partial charge < -0.3 is 15.0 Å². The molecule has 4 heteroatoms. The van der Waals surface area contributed by atoms with E-state index < -0.39 is 0 Å². The highest BCUT2D eigenvalue weighted by atomic mass is 16.5. The number of nitrogens with one attached hydrogen (secondary N) is 1. The van der Waals surface area contributed by atoms with Crippen LogP contribution in [0.1, 0.15) is 44.6 Å². The Balaban J connectivity index is 1.47. The minimum Gasteiger partial charge on any atom is -0.376 e. The number of hydrogen-bond acceptors (Lipinski definition) is 2. The maximum atomic E-state index is 12.3. The Morgan fingerprint density at radius 2 is 2.00 bits per heavy atom. The van der Waals surface area contributed by atoms with Crippen molar-refractivity contribution in [3.05, 3.63) is 29.8 Å². The first kappa shape index (κ1) is 15.3. The molecule has 0 radical (unpaired) electrons. The van der Waals surface area contributed by atoms with Crippen molar-refractivity contribution in [1.82, 2.24) is 4.90 Å². The third-order valence-corrected chi connectivity index (χ3v) is 4.53. The molecule has 1 saturated heterocycles. The first-order valence-corrected chi connectivity index (χ1v) is 8.39. The van der Waals surface area contributed by atoms with E-state index in [1.807, 2.05) is 17.0 Å². The lowest BCUT2D eigenvalue weighted by molar-refractivity contribution is 0.0543. The predicted octanol–water partition coefficient (Wildman–Crippen LogP) is 3.84. The van der Waals surface area contributed by atoms with Crippen molar-refractivity contribution in [2.24, 2.45) is 5.92 Å². The fourth-order valence-electron chi connectivity index (χ4n) is 2.76. The Morgan fingerprint density at radius 1 is 1.27 bits per heavy atom. The number of ether oxygens (including phenoxy) is 1. The highest BCUT2D eigenvalue weighted by Gasteiger charge is 2.29. The van der Waals surface area contributed by atoms with E-state index in [0.29, 0.717) is 12.5 Å². The monoisotopic (exact) mass is 302 g/mol. The van der Waals surface area contributed by atoms with Crippen LogP contribution in [0.25, 0.3) is 0 Å². The van der Waals surface area contributed by atoms with Crippen LogP contribution in [-0.2, 0) is 4.74 Å². The summed E-state index contributed by atoms with van der Waals surface area (Å²) in [5.74, 6) is 1.29. The van der Waals surface area contributed by atoms with Gasteiger partial charge in [-0.15, -0.1) is 0 Å². The van der Waals surface area contributed by atoms with Crippen LogP contribution in [0.15, 0.2) is 24.3 Å². The van der Waals surface area contributed by atoms with Crippen LogP contribution in [0, 0.1) is 5.92 Å². The maximum Gasteiger partial charge on any atom is 0.321 e. The van der Waals surface area contributed by atoms with Crippen LogP contribution >= 0.6 is 0 Å². The van der Waals surface area contributed by atoms with Gasteiger partial charge in [-0.3, -0.25) is 0 Å². The number of benzene rings is 1. The van der Waals surface area contributed by atoms with E-state index in [1.54, 1.807) is 0 Å². The molecule has 0 spiro atoms. The Kier molecular flexibility index (Phi) is 4.67. The molecule has 0 bridgehead atoms. The van der Waals surface area contributed by atoms with Gasteiger partial charge in [-0.25, -0.2) is 4.79 Å². The zero-order chi connectivity index (χ0) is 15.5. The van der Waals surface area contributed by atoms with Gasteiger partial charge >= 0.3 is 6.03 Å². The summed E-state index contributed by atoms with van der Waals surface area (Å²) in [6, 6.07) is 8.08. The highest BCUT2D eigenvalue weighted by molar-refractivity contribution is 5.89. The van der Waals surface area contributed by atoms with Crippen molar-refractivity contribution in [1.29, 1.82) is 0 Å². The lowest BCUT2D eigenvalue weighted by atomic mass is 10.0. The summed E-state index contributed by atoms with van der Waals surface area (Å²) in [5.41, 5.74) is 2.14. The van der Waals surface area contributed by atoms with E-state index in [9.17, 15) is 4.79 Å². The lowest BCUT2D eigenvalue weighted by Gasteiger charge is -2.18. The third-order valence-electron chi connectivity index (χ3n) is 4.53. The van der Waals surface area contributed by atoms with Crippen molar-refractivity contribution in [3.8, 4) is 0 Å². The summed E-state index contributed by atoms with van der Waals surface area (Å²) >= 11 is 0. The molecule has 2 aliphatic rings. The molecule has 1 saturated carbocycles. The van der Waals surface area contributed by atoms with Crippen LogP contribution in [-0.4, -0.2) is 36.7 Å². The molecule has 1 aliphatic heterocycles. The predicted molar refractivity (Wildman–Crippen MR) is 88.2 cm³/mol. The largest absolute Gasteiger partial charge is 0.376 e. The summed E-state index contributed by atoms with van der Waals surface area (Å²) in [6.07, 6.45) is 3.79. The second-order valence-electron chi connectivity index (χ2n) is 6.84. The molecule has 22 heavy (non-hydrogen) atoms. The van der Waals surface area contributed by atoms with Crippen LogP contribution in [0.5, 0.6) is 0 Å². The minimum atomic E-state index is -0.0187. The number of carbonyl (C=O) groups excluding carboxylic acids is 1. The SMILES string of the molecule is CC(C)c1ccc(NC(=O)N2CCC(OCC3CC3)C2)cc1. The number of hydrogen-bond donors (Lipinski definition) is 1. The van der Waals surface area contributed by atoms with Gasteiger partial charge in [-0.05, 0) is 48.8 Å². The summed E-state index contributed by atoms with van der Waals surface area (Å²) in [7, 11) is 0. The third kappa shape index (κ3) is 4.01. The van der Waals surface area contributed by atoms with Crippen molar-refractivity contribution in [2.45, 2.75) is 45.1 Å². The average Bonchev–Trinajstić information content (AvgIpc) is 3.22. The van der Waals surface area contributed by atoms with Crippen molar-refractivity contribution in [2.75, 3.05) is 25.0 Å². The van der Waals surface area contributed by atoms with Crippen LogP contribution in [0.3, 0.4) is 0 Å². The zero-order valence-corrected chi connectivity index (χ0v) is 13.5. The van der Waals surface area contributed by atoms with Crippen molar-refractivity contribution < 1.29 is 9.53 Å². The van der Waals surface area contributed by atoms with Gasteiger partial charge in [-0.1, -0.05) is 26.0 Å². The molecule has 1 atom stereocenters. The summed E-state index contributed by atoms with van der Waals surface area (Å²) < 4.78 is 5.88. The molecular weight excluding hydrogens is 276 g/mol. The maximum absolute atomic E-state index is 12.3. The van der Waals surface area contributed by atoms with E-state index in [-0.39, 0.29) is 12.1 Å². The van der Waals surface area contributed by atoms with E-state index in [0.717, 1.165) is 31.2 Å². The van der Waals surface area contributed by atoms with Gasteiger partial charge in [0.25, 0.3) is 0 Å². The zero-order valence-electron chi connectivity index (χ0n) is 13.5. The second kappa shape index (κ2) is 6.69. The summed E-state index contributed by atoms with van der Waals surface area (Å²) in [6.45, 7) is 6.70.